The maximum Gasteiger partial charge on any atom is 0.253 e. The van der Waals surface area contributed by atoms with Gasteiger partial charge in [-0.2, -0.15) is 0 Å². The van der Waals surface area contributed by atoms with Crippen molar-refractivity contribution in [3.8, 4) is 11.5 Å². The third-order valence-corrected chi connectivity index (χ3v) is 10.9. The Morgan fingerprint density at radius 3 is 1.30 bits per heavy atom. The summed E-state index contributed by atoms with van der Waals surface area (Å²) in [6.07, 6.45) is 0. The monoisotopic (exact) mass is 626 g/mol. The number of hydrogen-bond donors (Lipinski definition) is 0. The Hall–Kier alpha value is -4.36. The van der Waals surface area contributed by atoms with Crippen molar-refractivity contribution in [1.29, 1.82) is 0 Å². The third kappa shape index (κ3) is 3.53. The van der Waals surface area contributed by atoms with Gasteiger partial charge in [0.25, 0.3) is 11.8 Å². The molecule has 4 aromatic rings. The highest BCUT2D eigenvalue weighted by Crippen LogP contribution is 2.61. The van der Waals surface area contributed by atoms with E-state index < -0.39 is 47.8 Å². The largest absolute Gasteiger partial charge is 0.495 e. The van der Waals surface area contributed by atoms with E-state index in [1.165, 1.54) is 46.7 Å². The van der Waals surface area contributed by atoms with Crippen molar-refractivity contribution in [2.75, 3.05) is 24.0 Å². The van der Waals surface area contributed by atoms with E-state index in [9.17, 15) is 19.2 Å². The summed E-state index contributed by atoms with van der Waals surface area (Å²) in [6, 6.07) is 18.4. The maximum atomic E-state index is 14.5. The first-order chi connectivity index (χ1) is 21.5. The maximum absolute atomic E-state index is 14.5. The van der Waals surface area contributed by atoms with Crippen LogP contribution in [0.3, 0.4) is 0 Å². The Bertz CT molecular complexity index is 1680. The molecule has 44 heavy (non-hydrogen) atoms. The number of thiophene rings is 2. The SMILES string of the molecule is COc1ccccc1N1C(=O)[C@@H]2[C@H](C1=O)N1[C@H](c3cccs3)[C@@H]3C(=O)N(c4ccccc4OC)C(=O)[C@@H]3N1[C@H]2c1cccs1. The van der Waals surface area contributed by atoms with Gasteiger partial charge in [0.1, 0.15) is 23.6 Å². The number of hydrazine groups is 1. The second-order valence-electron chi connectivity index (χ2n) is 11.0. The lowest BCUT2D eigenvalue weighted by atomic mass is 9.88. The summed E-state index contributed by atoms with van der Waals surface area (Å²) >= 11 is 2.92. The number of carbonyl (C=O) groups is 4. The van der Waals surface area contributed by atoms with Crippen LogP contribution in [0.5, 0.6) is 11.5 Å². The molecule has 0 unspecified atom stereocenters. The van der Waals surface area contributed by atoms with Gasteiger partial charge < -0.3 is 9.47 Å². The van der Waals surface area contributed by atoms with Crippen molar-refractivity contribution in [1.82, 2.24) is 10.0 Å². The molecule has 4 fully saturated rings. The molecule has 12 heteroatoms. The number of imide groups is 2. The van der Waals surface area contributed by atoms with Crippen molar-refractivity contribution in [2.24, 2.45) is 11.8 Å². The lowest BCUT2D eigenvalue weighted by Crippen LogP contribution is -2.50. The number of ether oxygens (including phenoxy) is 2. The minimum atomic E-state index is -0.919. The summed E-state index contributed by atoms with van der Waals surface area (Å²) in [4.78, 5) is 61.9. The van der Waals surface area contributed by atoms with Gasteiger partial charge in [0, 0.05) is 9.75 Å². The molecule has 4 amide bonds. The molecular formula is C32H26N4O6S2. The van der Waals surface area contributed by atoms with E-state index in [0.29, 0.717) is 22.9 Å². The molecule has 10 nitrogen and oxygen atoms in total. The van der Waals surface area contributed by atoms with Crippen molar-refractivity contribution in [2.45, 2.75) is 24.2 Å². The molecule has 4 aliphatic heterocycles. The van der Waals surface area contributed by atoms with Crippen molar-refractivity contribution in [3.63, 3.8) is 0 Å². The summed E-state index contributed by atoms with van der Waals surface area (Å²) < 4.78 is 11.1. The fourth-order valence-corrected chi connectivity index (χ4v) is 9.15. The lowest BCUT2D eigenvalue weighted by Gasteiger charge is -2.35. The third-order valence-electron chi connectivity index (χ3n) is 9.05. The quantitative estimate of drug-likeness (QED) is 0.293. The highest BCUT2D eigenvalue weighted by Gasteiger charge is 2.74. The topological polar surface area (TPSA) is 99.7 Å². The zero-order valence-electron chi connectivity index (χ0n) is 23.6. The van der Waals surface area contributed by atoms with Gasteiger partial charge in [0.05, 0.1) is 49.5 Å². The number of carbonyl (C=O) groups excluding carboxylic acids is 4. The van der Waals surface area contributed by atoms with E-state index in [0.717, 1.165) is 9.75 Å². The number of anilines is 2. The number of nitrogens with zero attached hydrogens (tertiary/aromatic N) is 4. The summed E-state index contributed by atoms with van der Waals surface area (Å²) in [5.41, 5.74) is 0.745. The van der Waals surface area contributed by atoms with E-state index in [-0.39, 0.29) is 11.8 Å². The van der Waals surface area contributed by atoms with Gasteiger partial charge in [0.15, 0.2) is 0 Å². The molecule has 6 atom stereocenters. The van der Waals surface area contributed by atoms with Crippen LogP contribution in [0.15, 0.2) is 83.6 Å². The first kappa shape index (κ1) is 27.2. The van der Waals surface area contributed by atoms with Gasteiger partial charge >= 0.3 is 0 Å². The van der Waals surface area contributed by atoms with Crippen LogP contribution in [0, 0.1) is 11.8 Å². The van der Waals surface area contributed by atoms with E-state index >= 15 is 0 Å². The van der Waals surface area contributed by atoms with E-state index in [1.807, 2.05) is 45.0 Å². The van der Waals surface area contributed by atoms with E-state index in [4.69, 9.17) is 9.47 Å². The molecule has 4 aliphatic rings. The van der Waals surface area contributed by atoms with Crippen LogP contribution in [0.25, 0.3) is 0 Å². The van der Waals surface area contributed by atoms with Gasteiger partial charge in [-0.3, -0.25) is 19.2 Å². The van der Waals surface area contributed by atoms with Crippen LogP contribution in [0.2, 0.25) is 0 Å². The molecule has 0 saturated carbocycles. The van der Waals surface area contributed by atoms with Crippen LogP contribution in [0.1, 0.15) is 21.8 Å². The van der Waals surface area contributed by atoms with Crippen LogP contribution in [0.4, 0.5) is 11.4 Å². The first-order valence-corrected chi connectivity index (χ1v) is 15.9. The minimum absolute atomic E-state index is 0.364. The average Bonchev–Trinajstić information content (AvgIpc) is 3.88. The predicted octanol–water partition coefficient (Wildman–Crippen LogP) is 4.27. The molecule has 0 aliphatic carbocycles. The van der Waals surface area contributed by atoms with Crippen LogP contribution < -0.4 is 19.3 Å². The standard InChI is InChI=1S/C32H26N4O6S2/c1-41-19-11-5-3-9-17(19)33-29(37)23-25(21-13-7-15-43-21)36-28-24(26(22-14-8-16-44-22)35(36)27(23)31(33)39)30(38)34(32(28)40)18-10-4-6-12-20(18)42-2/h3-16,23-28H,1-2H3/t23-,24-,25-,26+,27+,28+/m0/s1. The highest BCUT2D eigenvalue weighted by atomic mass is 32.1. The number of methoxy groups -OCH3 is 2. The molecule has 0 bridgehead atoms. The molecule has 0 N–H and O–H groups in total. The molecule has 222 valence electrons. The summed E-state index contributed by atoms with van der Waals surface area (Å²) in [7, 11) is 3.00. The highest BCUT2D eigenvalue weighted by molar-refractivity contribution is 7.10. The molecule has 2 aromatic carbocycles. The minimum Gasteiger partial charge on any atom is -0.495 e. The smallest absolute Gasteiger partial charge is 0.253 e. The Labute approximate surface area is 260 Å². The zero-order valence-corrected chi connectivity index (χ0v) is 25.2. The zero-order chi connectivity index (χ0) is 30.3. The molecule has 8 rings (SSSR count). The number of amides is 4. The summed E-state index contributed by atoms with van der Waals surface area (Å²) in [6.45, 7) is 0. The van der Waals surface area contributed by atoms with Gasteiger partial charge in [-0.15, -0.1) is 22.7 Å². The van der Waals surface area contributed by atoms with Gasteiger partial charge in [-0.25, -0.2) is 19.8 Å². The van der Waals surface area contributed by atoms with Crippen molar-refractivity contribution < 1.29 is 28.7 Å². The Balaban J connectivity index is 1.31. The Kier molecular flexibility index (Phi) is 6.24. The average molecular weight is 627 g/mol. The molecule has 0 spiro atoms. The van der Waals surface area contributed by atoms with Gasteiger partial charge in [-0.05, 0) is 47.2 Å². The predicted molar refractivity (Wildman–Crippen MR) is 163 cm³/mol. The fraction of sp³-hybridized carbons (Fsp3) is 0.250. The molecule has 4 saturated heterocycles. The van der Waals surface area contributed by atoms with Crippen LogP contribution in [-0.4, -0.2) is 59.9 Å². The van der Waals surface area contributed by atoms with E-state index in [1.54, 1.807) is 48.5 Å². The van der Waals surface area contributed by atoms with E-state index in [2.05, 4.69) is 0 Å². The number of rotatable bonds is 6. The second-order valence-corrected chi connectivity index (χ2v) is 12.9. The molecule has 0 radical (unpaired) electrons. The lowest BCUT2D eigenvalue weighted by molar-refractivity contribution is -0.135. The Morgan fingerprint density at radius 1 is 0.523 bits per heavy atom. The van der Waals surface area contributed by atoms with Gasteiger partial charge in [0.2, 0.25) is 11.8 Å². The van der Waals surface area contributed by atoms with Crippen molar-refractivity contribution in [3.05, 3.63) is 93.3 Å². The summed E-state index contributed by atoms with van der Waals surface area (Å²) in [5, 5.41) is 7.58. The fourth-order valence-electron chi connectivity index (χ4n) is 7.42. The van der Waals surface area contributed by atoms with Crippen LogP contribution in [-0.2, 0) is 19.2 Å². The first-order valence-electron chi connectivity index (χ1n) is 14.1. The summed E-state index contributed by atoms with van der Waals surface area (Å²) in [5.74, 6) is -2.34. The molecule has 6 heterocycles. The number of benzene rings is 2. The molecular weight excluding hydrogens is 601 g/mol. The number of fused-ring (bicyclic) bond motifs is 5. The van der Waals surface area contributed by atoms with Gasteiger partial charge in [-0.1, -0.05) is 36.4 Å². The number of hydrogen-bond acceptors (Lipinski definition) is 10. The second kappa shape index (κ2) is 10.1. The number of para-hydroxylation sites is 4. The normalized spacial score (nSPS) is 28.1. The van der Waals surface area contributed by atoms with Crippen LogP contribution >= 0.6 is 22.7 Å². The Morgan fingerprint density at radius 2 is 0.932 bits per heavy atom. The van der Waals surface area contributed by atoms with Crippen molar-refractivity contribution >= 4 is 57.7 Å². The molecule has 2 aromatic heterocycles.